The van der Waals surface area contributed by atoms with Crippen LogP contribution in [-0.2, 0) is 6.54 Å². The van der Waals surface area contributed by atoms with Crippen LogP contribution >= 0.6 is 0 Å². The molecule has 0 aromatic heterocycles. The molecule has 0 aliphatic heterocycles. The van der Waals surface area contributed by atoms with Crippen molar-refractivity contribution in [2.75, 3.05) is 0 Å². The van der Waals surface area contributed by atoms with Crippen LogP contribution in [0.3, 0.4) is 0 Å². The summed E-state index contributed by atoms with van der Waals surface area (Å²) in [6.07, 6.45) is 0. The fraction of sp³-hybridized carbons (Fsp3) is 0.250. The van der Waals surface area contributed by atoms with Gasteiger partial charge in [0.25, 0.3) is 0 Å². The van der Waals surface area contributed by atoms with Crippen molar-refractivity contribution in [2.45, 2.75) is 13.5 Å². The van der Waals surface area contributed by atoms with Gasteiger partial charge in [0.2, 0.25) is 0 Å². The molecule has 1 aromatic carbocycles. The van der Waals surface area contributed by atoms with E-state index >= 15 is 0 Å². The Morgan fingerprint density at radius 2 is 2.00 bits per heavy atom. The summed E-state index contributed by atoms with van der Waals surface area (Å²) in [4.78, 5) is 2.46. The van der Waals surface area contributed by atoms with E-state index in [1.165, 1.54) is 13.0 Å². The van der Waals surface area contributed by atoms with Gasteiger partial charge < -0.3 is 18.7 Å². The van der Waals surface area contributed by atoms with Gasteiger partial charge in [-0.15, -0.1) is 5.46 Å². The molecule has 17 heavy (non-hydrogen) atoms. The minimum Gasteiger partial charge on any atom is -0.445 e. The van der Waals surface area contributed by atoms with E-state index in [4.69, 9.17) is 11.3 Å². The van der Waals surface area contributed by atoms with E-state index in [-0.39, 0.29) is 69.2 Å². The number of hydrogen-bond donors (Lipinski definition) is 1. The van der Waals surface area contributed by atoms with Crippen molar-refractivity contribution in [3.8, 4) is 0 Å². The van der Waals surface area contributed by atoms with Crippen LogP contribution < -0.4 is 62.6 Å². The molecule has 0 radical (unpaired) electrons. The molecule has 0 atom stereocenters. The van der Waals surface area contributed by atoms with Crippen LogP contribution in [0.5, 0.6) is 0 Å². The third-order valence-electron chi connectivity index (χ3n) is 2.27. The quantitative estimate of drug-likeness (QED) is 0.340. The number of azide groups is 1. The molecule has 0 heterocycles. The van der Waals surface area contributed by atoms with E-state index in [9.17, 15) is 12.9 Å². The zero-order chi connectivity index (χ0) is 12.3. The van der Waals surface area contributed by atoms with Crippen LogP contribution in [0, 0.1) is 6.92 Å². The fourth-order valence-corrected chi connectivity index (χ4v) is 1.44. The standard InChI is InChI=1S/C8H9BF3N4.K/c1-5-6(4-13)2-7(15-16-14)3-8(5)9(10,11)12;/h2-3H,4,13H2,1H3;/q-1;+1. The number of hydrogen-bond acceptors (Lipinski definition) is 2. The van der Waals surface area contributed by atoms with Crippen molar-refractivity contribution in [2.24, 2.45) is 10.8 Å². The van der Waals surface area contributed by atoms with Crippen molar-refractivity contribution < 1.29 is 64.3 Å². The molecule has 0 saturated heterocycles. The predicted molar refractivity (Wildman–Crippen MR) is 56.6 cm³/mol. The Morgan fingerprint density at radius 1 is 1.41 bits per heavy atom. The Morgan fingerprint density at radius 3 is 2.41 bits per heavy atom. The SMILES string of the molecule is Cc1c(CN)cc(N=[N+]=[N-])cc1[B-](F)(F)F.[K+]. The molecular formula is C8H9BF3KN4. The van der Waals surface area contributed by atoms with Gasteiger partial charge in [0.15, 0.2) is 0 Å². The molecular weight excluding hydrogens is 259 g/mol. The molecule has 0 amide bonds. The largest absolute Gasteiger partial charge is 1.00 e. The van der Waals surface area contributed by atoms with Gasteiger partial charge in [0, 0.05) is 17.1 Å². The first-order chi connectivity index (χ1) is 7.40. The maximum absolute atomic E-state index is 12.7. The molecule has 4 nitrogen and oxygen atoms in total. The van der Waals surface area contributed by atoms with Crippen LogP contribution in [-0.4, -0.2) is 6.98 Å². The van der Waals surface area contributed by atoms with Gasteiger partial charge in [-0.25, -0.2) is 0 Å². The molecule has 1 aromatic rings. The molecule has 0 fully saturated rings. The molecule has 0 unspecified atom stereocenters. The molecule has 0 saturated carbocycles. The van der Waals surface area contributed by atoms with Crippen molar-refractivity contribution in [3.63, 3.8) is 0 Å². The van der Waals surface area contributed by atoms with Gasteiger partial charge in [-0.3, -0.25) is 0 Å². The molecule has 1 rings (SSSR count). The number of nitrogens with two attached hydrogens (primary N) is 1. The van der Waals surface area contributed by atoms with Crippen molar-refractivity contribution >= 4 is 18.1 Å². The summed E-state index contributed by atoms with van der Waals surface area (Å²) >= 11 is 0. The zero-order valence-corrected chi connectivity index (χ0v) is 12.6. The Labute approximate surface area is 139 Å². The van der Waals surface area contributed by atoms with Crippen molar-refractivity contribution in [1.82, 2.24) is 0 Å². The summed E-state index contributed by atoms with van der Waals surface area (Å²) in [6.45, 7) is -3.80. The fourth-order valence-electron chi connectivity index (χ4n) is 1.44. The third-order valence-corrected chi connectivity index (χ3v) is 2.27. The van der Waals surface area contributed by atoms with E-state index < -0.39 is 12.4 Å². The Kier molecular flexibility index (Phi) is 6.78. The van der Waals surface area contributed by atoms with E-state index in [2.05, 4.69) is 10.0 Å². The predicted octanol–water partition coefficient (Wildman–Crippen LogP) is -0.546. The average Bonchev–Trinajstić information content (AvgIpc) is 2.19. The first-order valence-corrected chi connectivity index (χ1v) is 4.48. The maximum atomic E-state index is 12.7. The normalized spacial score (nSPS) is 10.4. The first-order valence-electron chi connectivity index (χ1n) is 4.48. The van der Waals surface area contributed by atoms with Gasteiger partial charge in [0.05, 0.1) is 0 Å². The van der Waals surface area contributed by atoms with Crippen LogP contribution in [0.2, 0.25) is 0 Å². The number of rotatable bonds is 3. The number of benzene rings is 1. The molecule has 0 bridgehead atoms. The summed E-state index contributed by atoms with van der Waals surface area (Å²) < 4.78 is 38.0. The van der Waals surface area contributed by atoms with Crippen molar-refractivity contribution in [3.05, 3.63) is 33.7 Å². The second-order valence-corrected chi connectivity index (χ2v) is 3.29. The molecule has 0 aliphatic carbocycles. The Hall–Kier alpha value is -0.0187. The summed E-state index contributed by atoms with van der Waals surface area (Å²) in [5.41, 5.74) is 13.1. The minimum atomic E-state index is -5.13. The summed E-state index contributed by atoms with van der Waals surface area (Å²) in [6, 6.07) is 2.20. The average molecular weight is 268 g/mol. The monoisotopic (exact) mass is 268 g/mol. The topological polar surface area (TPSA) is 74.8 Å². The zero-order valence-electron chi connectivity index (χ0n) is 9.49. The van der Waals surface area contributed by atoms with E-state index in [0.29, 0.717) is 5.56 Å². The van der Waals surface area contributed by atoms with Crippen LogP contribution in [0.4, 0.5) is 18.6 Å². The van der Waals surface area contributed by atoms with E-state index in [1.807, 2.05) is 0 Å². The summed E-state index contributed by atoms with van der Waals surface area (Å²) in [7, 11) is 0. The van der Waals surface area contributed by atoms with Gasteiger partial charge in [-0.05, 0) is 24.1 Å². The molecule has 0 aliphatic rings. The summed E-state index contributed by atoms with van der Waals surface area (Å²) in [5, 5.41) is 3.17. The molecule has 86 valence electrons. The van der Waals surface area contributed by atoms with Gasteiger partial charge in [-0.2, -0.15) is 0 Å². The first kappa shape index (κ1) is 17.0. The van der Waals surface area contributed by atoms with E-state index in [1.54, 1.807) is 0 Å². The van der Waals surface area contributed by atoms with Crippen LogP contribution in [0.25, 0.3) is 10.4 Å². The number of nitrogens with zero attached hydrogens (tertiary/aromatic N) is 3. The van der Waals surface area contributed by atoms with Gasteiger partial charge in [0.1, 0.15) is 0 Å². The Balaban J connectivity index is 0.00000256. The number of halogens is 3. The minimum absolute atomic E-state index is 0. The molecule has 2 N–H and O–H groups in total. The smallest absolute Gasteiger partial charge is 0.445 e. The van der Waals surface area contributed by atoms with Gasteiger partial charge in [-0.1, -0.05) is 16.7 Å². The Bertz CT molecular complexity index is 457. The van der Waals surface area contributed by atoms with Crippen LogP contribution in [0.1, 0.15) is 11.1 Å². The van der Waals surface area contributed by atoms with Crippen molar-refractivity contribution in [1.29, 1.82) is 0 Å². The summed E-state index contributed by atoms with van der Waals surface area (Å²) in [5.74, 6) is 0. The van der Waals surface area contributed by atoms with E-state index in [0.717, 1.165) is 6.07 Å². The third kappa shape index (κ3) is 4.29. The van der Waals surface area contributed by atoms with Gasteiger partial charge >= 0.3 is 58.4 Å². The maximum Gasteiger partial charge on any atom is 1.00 e. The second-order valence-electron chi connectivity index (χ2n) is 3.29. The molecule has 0 spiro atoms. The molecule has 9 heteroatoms. The second kappa shape index (κ2) is 6.79. The van der Waals surface area contributed by atoms with Crippen LogP contribution in [0.15, 0.2) is 17.2 Å².